The van der Waals surface area contributed by atoms with Gasteiger partial charge in [-0.15, -0.1) is 11.3 Å². The minimum atomic E-state index is -4.51. The standard InChI is InChI=1S/C21H24F3N3O3S/c1-12-9-27(10-13(2)30-12)19-7-15(14-3-5-29-6-4-16(14)25-19)17(28)8-20-26-18(11-31-20)21(22,23)24/h7,11-13H,3-6,8-10H2,1-2H3/t12-,13+. The number of ketones is 1. The van der Waals surface area contributed by atoms with Crippen molar-refractivity contribution in [3.63, 3.8) is 0 Å². The molecule has 0 amide bonds. The lowest BCUT2D eigenvalue weighted by Gasteiger charge is -2.36. The first-order valence-corrected chi connectivity index (χ1v) is 11.1. The van der Waals surface area contributed by atoms with Gasteiger partial charge in [0.15, 0.2) is 11.5 Å². The van der Waals surface area contributed by atoms with Crippen LogP contribution < -0.4 is 4.90 Å². The highest BCUT2D eigenvalue weighted by Crippen LogP contribution is 2.31. The fourth-order valence-electron chi connectivity index (χ4n) is 4.07. The van der Waals surface area contributed by atoms with Gasteiger partial charge in [0.1, 0.15) is 10.8 Å². The number of pyridine rings is 1. The third kappa shape index (κ3) is 5.07. The van der Waals surface area contributed by atoms with Gasteiger partial charge in [-0.2, -0.15) is 13.2 Å². The number of aromatic nitrogens is 2. The molecule has 6 nitrogen and oxygen atoms in total. The molecular formula is C21H24F3N3O3S. The number of nitrogens with zero attached hydrogens (tertiary/aromatic N) is 3. The maximum atomic E-state index is 13.2. The molecule has 2 aromatic heterocycles. The number of anilines is 1. The molecule has 2 atom stereocenters. The van der Waals surface area contributed by atoms with Gasteiger partial charge in [-0.25, -0.2) is 9.97 Å². The fraction of sp³-hybridized carbons (Fsp3) is 0.571. The van der Waals surface area contributed by atoms with Gasteiger partial charge in [-0.1, -0.05) is 0 Å². The van der Waals surface area contributed by atoms with Crippen LogP contribution in [0.3, 0.4) is 0 Å². The normalized spacial score (nSPS) is 22.2. The Labute approximate surface area is 182 Å². The Morgan fingerprint density at radius 2 is 1.90 bits per heavy atom. The van der Waals surface area contributed by atoms with E-state index in [0.717, 1.165) is 28.0 Å². The molecular weight excluding hydrogens is 431 g/mol. The van der Waals surface area contributed by atoms with Gasteiger partial charge in [-0.3, -0.25) is 4.79 Å². The number of ether oxygens (including phenoxy) is 2. The van der Waals surface area contributed by atoms with Crippen molar-refractivity contribution >= 4 is 22.9 Å². The number of thiazole rings is 1. The molecule has 2 aromatic rings. The lowest BCUT2D eigenvalue weighted by Crippen LogP contribution is -2.46. The molecule has 4 heterocycles. The average Bonchev–Trinajstić information content (AvgIpc) is 3.03. The Morgan fingerprint density at radius 1 is 1.19 bits per heavy atom. The molecule has 0 spiro atoms. The van der Waals surface area contributed by atoms with Gasteiger partial charge in [0.25, 0.3) is 0 Å². The lowest BCUT2D eigenvalue weighted by atomic mass is 9.97. The molecule has 0 aromatic carbocycles. The van der Waals surface area contributed by atoms with Crippen LogP contribution in [0.4, 0.5) is 19.0 Å². The van der Waals surface area contributed by atoms with E-state index in [-0.39, 0.29) is 29.4 Å². The summed E-state index contributed by atoms with van der Waals surface area (Å²) in [5.41, 5.74) is 1.19. The van der Waals surface area contributed by atoms with E-state index in [1.165, 1.54) is 0 Å². The van der Waals surface area contributed by atoms with Gasteiger partial charge >= 0.3 is 6.18 Å². The third-order valence-corrected chi connectivity index (χ3v) is 6.22. The van der Waals surface area contributed by atoms with Crippen molar-refractivity contribution in [1.29, 1.82) is 0 Å². The number of carbonyl (C=O) groups excluding carboxylic acids is 1. The molecule has 0 saturated carbocycles. The Bertz CT molecular complexity index is 953. The molecule has 0 bridgehead atoms. The van der Waals surface area contributed by atoms with Crippen LogP contribution in [-0.2, 0) is 34.9 Å². The van der Waals surface area contributed by atoms with Gasteiger partial charge in [0.2, 0.25) is 0 Å². The van der Waals surface area contributed by atoms with Crippen LogP contribution in [0.5, 0.6) is 0 Å². The van der Waals surface area contributed by atoms with Crippen molar-refractivity contribution in [2.75, 3.05) is 31.2 Å². The van der Waals surface area contributed by atoms with E-state index in [2.05, 4.69) is 9.88 Å². The number of hydrogen-bond acceptors (Lipinski definition) is 7. The topological polar surface area (TPSA) is 64.6 Å². The summed E-state index contributed by atoms with van der Waals surface area (Å²) < 4.78 is 50.0. The molecule has 0 N–H and O–H groups in total. The lowest BCUT2D eigenvalue weighted by molar-refractivity contribution is -0.140. The molecule has 2 aliphatic heterocycles. The maximum absolute atomic E-state index is 13.2. The number of carbonyl (C=O) groups is 1. The highest BCUT2D eigenvalue weighted by Gasteiger charge is 2.34. The van der Waals surface area contributed by atoms with Crippen molar-refractivity contribution < 1.29 is 27.4 Å². The zero-order valence-electron chi connectivity index (χ0n) is 17.4. The molecule has 31 heavy (non-hydrogen) atoms. The maximum Gasteiger partial charge on any atom is 0.434 e. The number of rotatable bonds is 4. The van der Waals surface area contributed by atoms with Gasteiger partial charge < -0.3 is 14.4 Å². The summed E-state index contributed by atoms with van der Waals surface area (Å²) in [6.07, 6.45) is -3.49. The van der Waals surface area contributed by atoms with E-state index in [1.54, 1.807) is 6.07 Å². The Morgan fingerprint density at radius 3 is 2.58 bits per heavy atom. The predicted octanol–water partition coefficient (Wildman–Crippen LogP) is 3.71. The second-order valence-corrected chi connectivity index (χ2v) is 8.89. The highest BCUT2D eigenvalue weighted by atomic mass is 32.1. The van der Waals surface area contributed by atoms with Crippen LogP contribution in [-0.4, -0.2) is 54.3 Å². The van der Waals surface area contributed by atoms with Crippen LogP contribution in [0.25, 0.3) is 0 Å². The van der Waals surface area contributed by atoms with Crippen LogP contribution in [0.2, 0.25) is 0 Å². The summed E-state index contributed by atoms with van der Waals surface area (Å²) in [5, 5.41) is 1.11. The summed E-state index contributed by atoms with van der Waals surface area (Å²) >= 11 is 0.855. The average molecular weight is 456 g/mol. The van der Waals surface area contributed by atoms with Crippen molar-refractivity contribution in [3.8, 4) is 0 Å². The van der Waals surface area contributed by atoms with Gasteiger partial charge in [0.05, 0.1) is 31.8 Å². The number of halogens is 3. The molecule has 0 aliphatic carbocycles. The molecule has 10 heteroatoms. The van der Waals surface area contributed by atoms with Crippen LogP contribution in [0.1, 0.15) is 46.2 Å². The first-order valence-electron chi connectivity index (χ1n) is 10.3. The predicted molar refractivity (Wildman–Crippen MR) is 110 cm³/mol. The summed E-state index contributed by atoms with van der Waals surface area (Å²) in [6.45, 7) is 6.30. The molecule has 2 aliphatic rings. The number of alkyl halides is 3. The Hall–Kier alpha value is -2.04. The first-order chi connectivity index (χ1) is 14.7. The number of hydrogen-bond donors (Lipinski definition) is 0. The van der Waals surface area contributed by atoms with Crippen LogP contribution in [0.15, 0.2) is 11.4 Å². The monoisotopic (exact) mass is 455 g/mol. The van der Waals surface area contributed by atoms with Crippen LogP contribution in [0, 0.1) is 0 Å². The molecule has 1 saturated heterocycles. The third-order valence-electron chi connectivity index (χ3n) is 5.37. The van der Waals surface area contributed by atoms with E-state index in [9.17, 15) is 18.0 Å². The zero-order chi connectivity index (χ0) is 22.2. The summed E-state index contributed by atoms with van der Waals surface area (Å²) in [5.74, 6) is 0.445. The summed E-state index contributed by atoms with van der Waals surface area (Å²) in [4.78, 5) is 23.7. The Balaban J connectivity index is 1.66. The second kappa shape index (κ2) is 8.84. The van der Waals surface area contributed by atoms with Gasteiger partial charge in [-0.05, 0) is 31.9 Å². The minimum absolute atomic E-state index is 0.0305. The highest BCUT2D eigenvalue weighted by molar-refractivity contribution is 7.09. The smallest absolute Gasteiger partial charge is 0.381 e. The number of Topliss-reactive ketones (excluding diaryl/α,β-unsaturated/α-hetero) is 1. The van der Waals surface area contributed by atoms with Crippen LogP contribution >= 0.6 is 11.3 Å². The van der Waals surface area contributed by atoms with E-state index < -0.39 is 11.9 Å². The minimum Gasteiger partial charge on any atom is -0.381 e. The largest absolute Gasteiger partial charge is 0.434 e. The van der Waals surface area contributed by atoms with Crippen molar-refractivity contribution in [2.45, 2.75) is 51.5 Å². The SMILES string of the molecule is C[C@@H]1CN(c2cc(C(=O)Cc3nc(C(F)(F)F)cs3)c3c(n2)CCOCC3)C[C@H](C)O1. The van der Waals surface area contributed by atoms with Crippen molar-refractivity contribution in [1.82, 2.24) is 9.97 Å². The summed E-state index contributed by atoms with van der Waals surface area (Å²) in [7, 11) is 0. The quantitative estimate of drug-likeness (QED) is 0.655. The molecule has 1 fully saturated rings. The number of morpholine rings is 1. The van der Waals surface area contributed by atoms with E-state index in [0.29, 0.717) is 50.5 Å². The van der Waals surface area contributed by atoms with Crippen molar-refractivity contribution in [3.05, 3.63) is 39.0 Å². The second-order valence-electron chi connectivity index (χ2n) is 7.95. The van der Waals surface area contributed by atoms with E-state index in [1.807, 2.05) is 13.8 Å². The zero-order valence-corrected chi connectivity index (χ0v) is 18.2. The molecule has 4 rings (SSSR count). The molecule has 0 radical (unpaired) electrons. The Kier molecular flexibility index (Phi) is 6.32. The first kappa shape index (κ1) is 22.2. The molecule has 168 valence electrons. The number of fused-ring (bicyclic) bond motifs is 1. The van der Waals surface area contributed by atoms with E-state index >= 15 is 0 Å². The van der Waals surface area contributed by atoms with Gasteiger partial charge in [0, 0.05) is 36.1 Å². The molecule has 0 unspecified atom stereocenters. The fourth-order valence-corrected chi connectivity index (χ4v) is 4.87. The summed E-state index contributed by atoms with van der Waals surface area (Å²) in [6, 6.07) is 1.77. The van der Waals surface area contributed by atoms with E-state index in [4.69, 9.17) is 14.5 Å². The van der Waals surface area contributed by atoms with Crippen molar-refractivity contribution in [2.24, 2.45) is 0 Å².